The highest BCUT2D eigenvalue weighted by molar-refractivity contribution is 5.56. The molecule has 96 valence electrons. The van der Waals surface area contributed by atoms with E-state index in [0.29, 0.717) is 12.4 Å². The van der Waals surface area contributed by atoms with Gasteiger partial charge in [0.1, 0.15) is 18.0 Å². The van der Waals surface area contributed by atoms with Crippen molar-refractivity contribution in [2.45, 2.75) is 39.2 Å². The van der Waals surface area contributed by atoms with E-state index in [-0.39, 0.29) is 11.5 Å². The van der Waals surface area contributed by atoms with Crippen molar-refractivity contribution in [2.75, 3.05) is 24.7 Å². The summed E-state index contributed by atoms with van der Waals surface area (Å²) in [5, 5.41) is 3.27. The molecule has 1 heterocycles. The highest BCUT2D eigenvalue weighted by Gasteiger charge is 2.18. The normalized spacial score (nSPS) is 11.9. The maximum Gasteiger partial charge on any atom is 0.135 e. The molecule has 0 saturated carbocycles. The minimum Gasteiger partial charge on any atom is -0.383 e. The van der Waals surface area contributed by atoms with Crippen molar-refractivity contribution >= 4 is 11.6 Å². The molecule has 0 atom stereocenters. The Kier molecular flexibility index (Phi) is 4.28. The Morgan fingerprint density at radius 1 is 1.41 bits per heavy atom. The van der Waals surface area contributed by atoms with Gasteiger partial charge in [-0.25, -0.2) is 9.97 Å². The van der Waals surface area contributed by atoms with Crippen LogP contribution in [-0.4, -0.2) is 29.2 Å². The number of hydrogen-bond donors (Lipinski definition) is 2. The van der Waals surface area contributed by atoms with Gasteiger partial charge in [-0.05, 0) is 19.8 Å². The van der Waals surface area contributed by atoms with Crippen molar-refractivity contribution < 1.29 is 4.74 Å². The van der Waals surface area contributed by atoms with E-state index in [1.54, 1.807) is 7.11 Å². The summed E-state index contributed by atoms with van der Waals surface area (Å²) < 4.78 is 5.35. The first-order chi connectivity index (χ1) is 7.87. The van der Waals surface area contributed by atoms with Crippen LogP contribution in [-0.2, 0) is 4.74 Å². The van der Waals surface area contributed by atoms with Crippen LogP contribution in [0.4, 0.5) is 11.6 Å². The zero-order valence-electron chi connectivity index (χ0n) is 11.2. The summed E-state index contributed by atoms with van der Waals surface area (Å²) in [6, 6.07) is 0. The van der Waals surface area contributed by atoms with Gasteiger partial charge in [0.2, 0.25) is 0 Å². The van der Waals surface area contributed by atoms with Crippen molar-refractivity contribution in [1.82, 2.24) is 9.97 Å². The van der Waals surface area contributed by atoms with E-state index in [0.717, 1.165) is 11.4 Å². The molecule has 0 radical (unpaired) electrons. The fourth-order valence-corrected chi connectivity index (χ4v) is 1.49. The second kappa shape index (κ2) is 5.31. The largest absolute Gasteiger partial charge is 0.383 e. The van der Waals surface area contributed by atoms with Crippen LogP contribution in [0.3, 0.4) is 0 Å². The first-order valence-corrected chi connectivity index (χ1v) is 5.77. The average molecular weight is 238 g/mol. The summed E-state index contributed by atoms with van der Waals surface area (Å²) in [6.07, 6.45) is 1.48. The summed E-state index contributed by atoms with van der Waals surface area (Å²) in [5.74, 6) is 1.61. The van der Waals surface area contributed by atoms with Gasteiger partial charge < -0.3 is 15.8 Å². The fourth-order valence-electron chi connectivity index (χ4n) is 1.49. The van der Waals surface area contributed by atoms with Gasteiger partial charge in [-0.1, -0.05) is 13.8 Å². The number of ether oxygens (including phenoxy) is 1. The molecule has 17 heavy (non-hydrogen) atoms. The first-order valence-electron chi connectivity index (χ1n) is 5.77. The summed E-state index contributed by atoms with van der Waals surface area (Å²) in [4.78, 5) is 8.26. The molecule has 0 amide bonds. The zero-order chi connectivity index (χ0) is 13.1. The van der Waals surface area contributed by atoms with E-state index in [4.69, 9.17) is 10.5 Å². The van der Waals surface area contributed by atoms with Gasteiger partial charge in [0.15, 0.2) is 0 Å². The third-order valence-corrected chi connectivity index (χ3v) is 2.73. The Morgan fingerprint density at radius 2 is 2.06 bits per heavy atom. The summed E-state index contributed by atoms with van der Waals surface area (Å²) >= 11 is 0. The van der Waals surface area contributed by atoms with Crippen LogP contribution in [0.25, 0.3) is 0 Å². The van der Waals surface area contributed by atoms with Crippen LogP contribution in [0.2, 0.25) is 0 Å². The second-order valence-electron chi connectivity index (χ2n) is 4.99. The van der Waals surface area contributed by atoms with Gasteiger partial charge in [0, 0.05) is 19.2 Å². The van der Waals surface area contributed by atoms with Crippen LogP contribution in [0, 0.1) is 0 Å². The highest BCUT2D eigenvalue weighted by Crippen LogP contribution is 2.26. The van der Waals surface area contributed by atoms with Crippen molar-refractivity contribution in [3.05, 3.63) is 11.9 Å². The lowest BCUT2D eigenvalue weighted by Gasteiger charge is -2.24. The van der Waals surface area contributed by atoms with Crippen LogP contribution >= 0.6 is 0 Å². The number of aromatic nitrogens is 2. The van der Waals surface area contributed by atoms with Crippen LogP contribution in [0.5, 0.6) is 0 Å². The molecule has 5 heteroatoms. The SMILES string of the molecule is COC(C)(C)CNc1ncnc(N)c1C(C)C. The van der Waals surface area contributed by atoms with E-state index in [9.17, 15) is 0 Å². The molecule has 5 nitrogen and oxygen atoms in total. The lowest BCUT2D eigenvalue weighted by atomic mass is 10.0. The molecule has 0 saturated heterocycles. The lowest BCUT2D eigenvalue weighted by molar-refractivity contribution is 0.0343. The molecule has 0 bridgehead atoms. The van der Waals surface area contributed by atoms with Crippen molar-refractivity contribution in [3.63, 3.8) is 0 Å². The van der Waals surface area contributed by atoms with Crippen LogP contribution < -0.4 is 11.1 Å². The maximum absolute atomic E-state index is 5.87. The van der Waals surface area contributed by atoms with Crippen molar-refractivity contribution in [2.24, 2.45) is 0 Å². The molecular weight excluding hydrogens is 216 g/mol. The van der Waals surface area contributed by atoms with Gasteiger partial charge in [0.25, 0.3) is 0 Å². The number of nitrogens with zero attached hydrogens (tertiary/aromatic N) is 2. The molecule has 0 spiro atoms. The summed E-state index contributed by atoms with van der Waals surface area (Å²) in [6.45, 7) is 8.84. The van der Waals surface area contributed by atoms with Gasteiger partial charge in [-0.2, -0.15) is 0 Å². The van der Waals surface area contributed by atoms with E-state index >= 15 is 0 Å². The number of nitrogen functional groups attached to an aromatic ring is 1. The number of nitrogens with two attached hydrogens (primary N) is 1. The molecule has 1 aromatic rings. The van der Waals surface area contributed by atoms with Crippen molar-refractivity contribution in [1.29, 1.82) is 0 Å². The smallest absolute Gasteiger partial charge is 0.135 e. The molecule has 3 N–H and O–H groups in total. The predicted octanol–water partition coefficient (Wildman–Crippen LogP) is 2.02. The molecule has 0 aliphatic carbocycles. The summed E-state index contributed by atoms with van der Waals surface area (Å²) in [7, 11) is 1.69. The third kappa shape index (κ3) is 3.56. The molecule has 0 fully saturated rings. The Hall–Kier alpha value is -1.36. The van der Waals surface area contributed by atoms with E-state index in [2.05, 4.69) is 29.1 Å². The molecule has 1 rings (SSSR count). The lowest BCUT2D eigenvalue weighted by Crippen LogP contribution is -2.32. The van der Waals surface area contributed by atoms with Crippen LogP contribution in [0.15, 0.2) is 6.33 Å². The molecule has 1 aromatic heterocycles. The van der Waals surface area contributed by atoms with Gasteiger partial charge in [-0.15, -0.1) is 0 Å². The van der Waals surface area contributed by atoms with E-state index in [1.807, 2.05) is 13.8 Å². The van der Waals surface area contributed by atoms with Gasteiger partial charge in [-0.3, -0.25) is 0 Å². The second-order valence-corrected chi connectivity index (χ2v) is 4.99. The Balaban J connectivity index is 2.88. The van der Waals surface area contributed by atoms with Crippen molar-refractivity contribution in [3.8, 4) is 0 Å². The Bertz CT molecular complexity index is 377. The number of methoxy groups -OCH3 is 1. The topological polar surface area (TPSA) is 73.1 Å². The minimum absolute atomic E-state index is 0.242. The maximum atomic E-state index is 5.87. The standard InChI is InChI=1S/C12H22N4O/c1-8(2)9-10(13)15-7-16-11(9)14-6-12(3,4)17-5/h7-8H,6H2,1-5H3,(H3,13,14,15,16). The van der Waals surface area contributed by atoms with Gasteiger partial charge in [0.05, 0.1) is 5.60 Å². The zero-order valence-corrected chi connectivity index (χ0v) is 11.2. The Labute approximate surface area is 103 Å². The minimum atomic E-state index is -0.242. The fraction of sp³-hybridized carbons (Fsp3) is 0.667. The number of nitrogens with one attached hydrogen (secondary N) is 1. The number of anilines is 2. The molecular formula is C12H22N4O. The average Bonchev–Trinajstić information content (AvgIpc) is 2.26. The summed E-state index contributed by atoms with van der Waals surface area (Å²) in [5.41, 5.74) is 6.59. The highest BCUT2D eigenvalue weighted by atomic mass is 16.5. The monoisotopic (exact) mass is 238 g/mol. The first kappa shape index (κ1) is 13.7. The van der Waals surface area contributed by atoms with Gasteiger partial charge >= 0.3 is 0 Å². The molecule has 0 aromatic carbocycles. The number of hydrogen-bond acceptors (Lipinski definition) is 5. The van der Waals surface area contributed by atoms with Crippen LogP contribution in [0.1, 0.15) is 39.2 Å². The van der Waals surface area contributed by atoms with E-state index in [1.165, 1.54) is 6.33 Å². The molecule has 0 aliphatic rings. The Morgan fingerprint density at radius 3 is 2.59 bits per heavy atom. The molecule has 0 aliphatic heterocycles. The van der Waals surface area contributed by atoms with E-state index < -0.39 is 0 Å². The number of rotatable bonds is 5. The quantitative estimate of drug-likeness (QED) is 0.821. The predicted molar refractivity (Wildman–Crippen MR) is 70.1 cm³/mol. The third-order valence-electron chi connectivity index (χ3n) is 2.73. The molecule has 0 unspecified atom stereocenters.